The van der Waals surface area contributed by atoms with Crippen LogP contribution in [0.15, 0.2) is 48.5 Å². The molecule has 1 atom stereocenters. The third-order valence-electron chi connectivity index (χ3n) is 7.56. The van der Waals surface area contributed by atoms with Crippen molar-refractivity contribution < 1.29 is 23.8 Å². The smallest absolute Gasteiger partial charge is 0.223 e. The standard InChI is InChI=1S/C30H36FN3O4/c1-37-28-7-3-2-5-21(28)9-11-29(36)34(20-26-6-4-16-38-26)19-23-17-22-8-10-24(31)18-27(22)32-30(23)33-14-12-25(35)13-15-33/h2-3,5,7-8,10,17-18,25-26,35H,4,6,9,11-16,19-20H2,1H3/t26-/m1/s1. The second-order valence-corrected chi connectivity index (χ2v) is 10.2. The molecule has 1 amide bonds. The molecule has 3 aromatic rings. The van der Waals surface area contributed by atoms with Crippen molar-refractivity contribution in [2.24, 2.45) is 0 Å². The van der Waals surface area contributed by atoms with Crippen molar-refractivity contribution in [1.29, 1.82) is 0 Å². The van der Waals surface area contributed by atoms with Crippen molar-refractivity contribution >= 4 is 22.6 Å². The fraction of sp³-hybridized carbons (Fsp3) is 0.467. The average molecular weight is 522 g/mol. The molecule has 0 bridgehead atoms. The van der Waals surface area contributed by atoms with Gasteiger partial charge >= 0.3 is 0 Å². The largest absolute Gasteiger partial charge is 0.496 e. The zero-order chi connectivity index (χ0) is 26.5. The van der Waals surface area contributed by atoms with E-state index >= 15 is 0 Å². The third-order valence-corrected chi connectivity index (χ3v) is 7.56. The summed E-state index contributed by atoms with van der Waals surface area (Å²) in [5, 5.41) is 10.9. The normalized spacial score (nSPS) is 18.2. The Labute approximate surface area is 223 Å². The van der Waals surface area contributed by atoms with Gasteiger partial charge in [0, 0.05) is 56.2 Å². The summed E-state index contributed by atoms with van der Waals surface area (Å²) >= 11 is 0. The van der Waals surface area contributed by atoms with Gasteiger partial charge in [-0.05, 0) is 61.9 Å². The summed E-state index contributed by atoms with van der Waals surface area (Å²) in [5.41, 5.74) is 2.51. The van der Waals surface area contributed by atoms with Crippen LogP contribution in [0.3, 0.4) is 0 Å². The highest BCUT2D eigenvalue weighted by atomic mass is 19.1. The molecule has 2 aliphatic heterocycles. The first-order valence-electron chi connectivity index (χ1n) is 13.5. The van der Waals surface area contributed by atoms with Crippen molar-refractivity contribution in [2.45, 2.75) is 57.3 Å². The van der Waals surface area contributed by atoms with Gasteiger partial charge in [-0.1, -0.05) is 18.2 Å². The summed E-state index contributed by atoms with van der Waals surface area (Å²) < 4.78 is 25.4. The second-order valence-electron chi connectivity index (χ2n) is 10.2. The number of aliphatic hydroxyl groups is 1. The number of fused-ring (bicyclic) bond motifs is 1. The number of anilines is 1. The number of amides is 1. The Balaban J connectivity index is 1.43. The van der Waals surface area contributed by atoms with E-state index in [9.17, 15) is 14.3 Å². The van der Waals surface area contributed by atoms with Crippen molar-refractivity contribution in [3.8, 4) is 5.75 Å². The molecule has 0 unspecified atom stereocenters. The van der Waals surface area contributed by atoms with Gasteiger partial charge in [-0.15, -0.1) is 0 Å². The van der Waals surface area contributed by atoms with Crippen LogP contribution in [0.1, 0.15) is 43.2 Å². The molecule has 0 aliphatic carbocycles. The Morgan fingerprint density at radius 2 is 1.97 bits per heavy atom. The average Bonchev–Trinajstić information content (AvgIpc) is 3.45. The van der Waals surface area contributed by atoms with Crippen molar-refractivity contribution in [3.63, 3.8) is 0 Å². The van der Waals surface area contributed by atoms with Crippen LogP contribution < -0.4 is 9.64 Å². The zero-order valence-corrected chi connectivity index (χ0v) is 21.9. The minimum absolute atomic E-state index is 0.0151. The molecule has 202 valence electrons. The predicted octanol–water partition coefficient (Wildman–Crippen LogP) is 4.48. The first-order chi connectivity index (χ1) is 18.5. The van der Waals surface area contributed by atoms with E-state index in [2.05, 4.69) is 4.90 Å². The number of benzene rings is 2. The number of halogens is 1. The molecule has 2 aromatic carbocycles. The van der Waals surface area contributed by atoms with Gasteiger partial charge < -0.3 is 24.4 Å². The van der Waals surface area contributed by atoms with Gasteiger partial charge in [0.1, 0.15) is 17.4 Å². The zero-order valence-electron chi connectivity index (χ0n) is 21.9. The number of rotatable bonds is 9. The topological polar surface area (TPSA) is 75.1 Å². The number of aliphatic hydroxyl groups excluding tert-OH is 1. The molecular formula is C30H36FN3O4. The second kappa shape index (κ2) is 12.1. The van der Waals surface area contributed by atoms with Crippen LogP contribution in [-0.4, -0.2) is 66.5 Å². The Bertz CT molecular complexity index is 1260. The maximum absolute atomic E-state index is 14.0. The molecule has 0 saturated carbocycles. The quantitative estimate of drug-likeness (QED) is 0.448. The van der Waals surface area contributed by atoms with E-state index in [4.69, 9.17) is 14.5 Å². The number of aromatic nitrogens is 1. The number of methoxy groups -OCH3 is 1. The number of nitrogens with zero attached hydrogens (tertiary/aromatic N) is 3. The van der Waals surface area contributed by atoms with Gasteiger partial charge in [-0.25, -0.2) is 9.37 Å². The van der Waals surface area contributed by atoms with Crippen LogP contribution in [0.5, 0.6) is 5.75 Å². The molecule has 5 rings (SSSR count). The summed E-state index contributed by atoms with van der Waals surface area (Å²) in [7, 11) is 1.64. The molecule has 7 nitrogen and oxygen atoms in total. The Kier molecular flexibility index (Phi) is 8.39. The van der Waals surface area contributed by atoms with E-state index in [1.54, 1.807) is 13.2 Å². The third kappa shape index (κ3) is 6.25. The van der Waals surface area contributed by atoms with Gasteiger partial charge in [0.05, 0.1) is 24.8 Å². The molecule has 38 heavy (non-hydrogen) atoms. The molecule has 2 fully saturated rings. The first-order valence-corrected chi connectivity index (χ1v) is 13.5. The molecule has 2 saturated heterocycles. The molecule has 0 radical (unpaired) electrons. The lowest BCUT2D eigenvalue weighted by Gasteiger charge is -2.33. The summed E-state index contributed by atoms with van der Waals surface area (Å²) in [6.07, 6.45) is 3.86. The number of piperidine rings is 1. The van der Waals surface area contributed by atoms with Crippen LogP contribution in [0.4, 0.5) is 10.2 Å². The fourth-order valence-electron chi connectivity index (χ4n) is 5.45. The number of carbonyl (C=O) groups is 1. The highest BCUT2D eigenvalue weighted by Crippen LogP contribution is 2.29. The summed E-state index contributed by atoms with van der Waals surface area (Å²) in [6, 6.07) is 14.4. The maximum Gasteiger partial charge on any atom is 0.223 e. The molecule has 3 heterocycles. The summed E-state index contributed by atoms with van der Waals surface area (Å²) in [4.78, 5) is 22.6. The monoisotopic (exact) mass is 521 g/mol. The molecule has 2 aliphatic rings. The van der Waals surface area contributed by atoms with Crippen molar-refractivity contribution in [1.82, 2.24) is 9.88 Å². The lowest BCUT2D eigenvalue weighted by Crippen LogP contribution is -2.39. The summed E-state index contributed by atoms with van der Waals surface area (Å²) in [6.45, 7) is 2.95. The predicted molar refractivity (Wildman–Crippen MR) is 145 cm³/mol. The van der Waals surface area contributed by atoms with Crippen LogP contribution in [-0.2, 0) is 22.5 Å². The van der Waals surface area contributed by atoms with Gasteiger partial charge in [-0.2, -0.15) is 0 Å². The Morgan fingerprint density at radius 3 is 2.74 bits per heavy atom. The van der Waals surface area contributed by atoms with E-state index < -0.39 is 0 Å². The Hall–Kier alpha value is -3.23. The van der Waals surface area contributed by atoms with E-state index in [0.29, 0.717) is 57.4 Å². The molecule has 1 N–H and O–H groups in total. The Morgan fingerprint density at radius 1 is 1.16 bits per heavy atom. The van der Waals surface area contributed by atoms with E-state index in [0.717, 1.165) is 47.5 Å². The van der Waals surface area contributed by atoms with Crippen LogP contribution in [0.25, 0.3) is 10.9 Å². The van der Waals surface area contributed by atoms with Crippen molar-refractivity contribution in [2.75, 3.05) is 38.3 Å². The number of hydrogen-bond acceptors (Lipinski definition) is 6. The molecule has 0 spiro atoms. The van der Waals surface area contributed by atoms with Gasteiger partial charge in [0.2, 0.25) is 5.91 Å². The number of para-hydroxylation sites is 1. The molecule has 8 heteroatoms. The van der Waals surface area contributed by atoms with Gasteiger partial charge in [-0.3, -0.25) is 4.79 Å². The van der Waals surface area contributed by atoms with E-state index in [1.165, 1.54) is 12.1 Å². The van der Waals surface area contributed by atoms with Gasteiger partial charge in [0.15, 0.2) is 0 Å². The number of aryl methyl sites for hydroxylation is 1. The lowest BCUT2D eigenvalue weighted by molar-refractivity contribution is -0.133. The highest BCUT2D eigenvalue weighted by molar-refractivity contribution is 5.82. The summed E-state index contributed by atoms with van der Waals surface area (Å²) in [5.74, 6) is 1.26. The lowest BCUT2D eigenvalue weighted by atomic mass is 10.0. The van der Waals surface area contributed by atoms with E-state index in [1.807, 2.05) is 35.2 Å². The van der Waals surface area contributed by atoms with Crippen molar-refractivity contribution in [3.05, 3.63) is 65.5 Å². The van der Waals surface area contributed by atoms with Crippen LogP contribution in [0.2, 0.25) is 0 Å². The highest BCUT2D eigenvalue weighted by Gasteiger charge is 2.26. The SMILES string of the molecule is COc1ccccc1CCC(=O)N(Cc1cc2ccc(F)cc2nc1N1CCC(O)CC1)C[C@H]1CCCO1. The maximum atomic E-state index is 14.0. The number of pyridine rings is 1. The van der Waals surface area contributed by atoms with Crippen LogP contribution >= 0.6 is 0 Å². The molecular weight excluding hydrogens is 485 g/mol. The minimum atomic E-state index is -0.329. The van der Waals surface area contributed by atoms with E-state index in [-0.39, 0.29) is 23.9 Å². The fourth-order valence-corrected chi connectivity index (χ4v) is 5.45. The number of carbonyl (C=O) groups excluding carboxylic acids is 1. The van der Waals surface area contributed by atoms with Crippen LogP contribution in [0, 0.1) is 5.82 Å². The first kappa shape index (κ1) is 26.4. The number of hydrogen-bond donors (Lipinski definition) is 1. The van der Waals surface area contributed by atoms with Gasteiger partial charge in [0.25, 0.3) is 0 Å². The molecule has 1 aromatic heterocycles. The number of ether oxygens (including phenoxy) is 2. The minimum Gasteiger partial charge on any atom is -0.496 e.